The number of nitrogens with one attached hydrogen (secondary N) is 1. The second-order valence-electron chi connectivity index (χ2n) is 6.77. The minimum absolute atomic E-state index is 0.0457. The van der Waals surface area contributed by atoms with Crippen molar-refractivity contribution in [1.82, 2.24) is 10.2 Å². The van der Waals surface area contributed by atoms with Gasteiger partial charge < -0.3 is 15.3 Å². The van der Waals surface area contributed by atoms with Crippen molar-refractivity contribution in [3.05, 3.63) is 24.3 Å². The van der Waals surface area contributed by atoms with Gasteiger partial charge >= 0.3 is 0 Å². The first-order valence-electron chi connectivity index (χ1n) is 8.33. The van der Waals surface area contributed by atoms with E-state index in [2.05, 4.69) is 21.2 Å². The molecule has 1 saturated heterocycles. The molecule has 0 aromatic heterocycles. The fourth-order valence-corrected chi connectivity index (χ4v) is 2.71. The summed E-state index contributed by atoms with van der Waals surface area (Å²) in [4.78, 5) is 16.4. The quantitative estimate of drug-likeness (QED) is 0.857. The van der Waals surface area contributed by atoms with E-state index < -0.39 is 5.54 Å². The first-order valence-corrected chi connectivity index (χ1v) is 8.33. The van der Waals surface area contributed by atoms with E-state index in [-0.39, 0.29) is 17.6 Å². The summed E-state index contributed by atoms with van der Waals surface area (Å²) in [5.41, 5.74) is -0.00665. The molecule has 1 fully saturated rings. The molecule has 24 heavy (non-hydrogen) atoms. The summed E-state index contributed by atoms with van der Waals surface area (Å²) in [5.74, 6) is 0.207. The van der Waals surface area contributed by atoms with Gasteiger partial charge in [0, 0.05) is 26.2 Å². The number of hydrogen-bond acceptors (Lipinski definition) is 5. The van der Waals surface area contributed by atoms with E-state index in [1.54, 1.807) is 19.1 Å². The Morgan fingerprint density at radius 3 is 2.50 bits per heavy atom. The maximum absolute atomic E-state index is 12.2. The summed E-state index contributed by atoms with van der Waals surface area (Å²) in [6, 6.07) is 9.49. The summed E-state index contributed by atoms with van der Waals surface area (Å²) in [5, 5.41) is 22.1. The third-order valence-electron chi connectivity index (χ3n) is 4.75. The molecule has 0 spiro atoms. The number of nitriles is 1. The lowest BCUT2D eigenvalue weighted by molar-refractivity contribution is -0.124. The number of phenols is 1. The van der Waals surface area contributed by atoms with E-state index in [1.807, 2.05) is 26.0 Å². The fourth-order valence-electron chi connectivity index (χ4n) is 2.71. The Hall–Kier alpha value is -2.26. The van der Waals surface area contributed by atoms with Gasteiger partial charge in [-0.3, -0.25) is 9.69 Å². The molecule has 1 heterocycles. The minimum Gasteiger partial charge on any atom is -0.506 e. The molecule has 1 aliphatic rings. The molecule has 130 valence electrons. The van der Waals surface area contributed by atoms with Gasteiger partial charge in [0.15, 0.2) is 0 Å². The number of benzene rings is 1. The van der Waals surface area contributed by atoms with E-state index in [4.69, 9.17) is 0 Å². The summed E-state index contributed by atoms with van der Waals surface area (Å²) in [6.45, 7) is 8.89. The Morgan fingerprint density at radius 2 is 1.96 bits per heavy atom. The molecule has 0 saturated carbocycles. The van der Waals surface area contributed by atoms with Crippen molar-refractivity contribution in [2.24, 2.45) is 5.92 Å². The Balaban J connectivity index is 1.86. The van der Waals surface area contributed by atoms with Crippen LogP contribution in [0.2, 0.25) is 0 Å². The third kappa shape index (κ3) is 4.18. The van der Waals surface area contributed by atoms with Crippen molar-refractivity contribution in [3.8, 4) is 11.8 Å². The molecule has 0 aliphatic carbocycles. The van der Waals surface area contributed by atoms with Crippen LogP contribution in [0, 0.1) is 17.2 Å². The van der Waals surface area contributed by atoms with Crippen LogP contribution in [0.4, 0.5) is 5.69 Å². The number of piperazine rings is 1. The number of hydrogen-bond donors (Lipinski definition) is 2. The molecule has 1 aromatic carbocycles. The largest absolute Gasteiger partial charge is 0.506 e. The maximum Gasteiger partial charge on any atom is 0.235 e. The van der Waals surface area contributed by atoms with E-state index in [0.29, 0.717) is 6.54 Å². The van der Waals surface area contributed by atoms with Crippen LogP contribution >= 0.6 is 0 Å². The average Bonchev–Trinajstić information content (AvgIpc) is 2.55. The van der Waals surface area contributed by atoms with Crippen LogP contribution < -0.4 is 10.2 Å². The number of carbonyl (C=O) groups is 1. The molecule has 6 heteroatoms. The van der Waals surface area contributed by atoms with Gasteiger partial charge in [0.25, 0.3) is 0 Å². The molecule has 0 radical (unpaired) electrons. The van der Waals surface area contributed by atoms with Crippen LogP contribution in [0.5, 0.6) is 5.75 Å². The smallest absolute Gasteiger partial charge is 0.235 e. The van der Waals surface area contributed by atoms with E-state index in [9.17, 15) is 15.2 Å². The van der Waals surface area contributed by atoms with Crippen LogP contribution in [0.1, 0.15) is 20.8 Å². The molecule has 6 nitrogen and oxygen atoms in total. The number of amides is 1. The highest BCUT2D eigenvalue weighted by molar-refractivity contribution is 5.79. The number of para-hydroxylation sites is 2. The van der Waals surface area contributed by atoms with E-state index in [0.717, 1.165) is 31.9 Å². The normalized spacial score (nSPS) is 18.0. The van der Waals surface area contributed by atoms with Gasteiger partial charge in [0.2, 0.25) is 5.91 Å². The lowest BCUT2D eigenvalue weighted by atomic mass is 9.90. The van der Waals surface area contributed by atoms with E-state index in [1.165, 1.54) is 0 Å². The van der Waals surface area contributed by atoms with Crippen molar-refractivity contribution >= 4 is 11.6 Å². The predicted molar refractivity (Wildman–Crippen MR) is 93.8 cm³/mol. The first kappa shape index (κ1) is 18.1. The number of phenolic OH excluding ortho intramolecular Hbond substituents is 1. The Bertz CT molecular complexity index is 618. The number of rotatable bonds is 5. The molecule has 1 aromatic rings. The molecule has 0 bridgehead atoms. The Labute approximate surface area is 143 Å². The van der Waals surface area contributed by atoms with Crippen LogP contribution in [-0.4, -0.2) is 54.2 Å². The molecular weight excluding hydrogens is 304 g/mol. The zero-order valence-corrected chi connectivity index (χ0v) is 14.6. The van der Waals surface area contributed by atoms with Gasteiger partial charge in [0.05, 0.1) is 18.3 Å². The van der Waals surface area contributed by atoms with Gasteiger partial charge in [-0.05, 0) is 25.0 Å². The highest BCUT2D eigenvalue weighted by Crippen LogP contribution is 2.27. The van der Waals surface area contributed by atoms with Crippen molar-refractivity contribution < 1.29 is 9.90 Å². The van der Waals surface area contributed by atoms with E-state index >= 15 is 0 Å². The lowest BCUT2D eigenvalue weighted by Gasteiger charge is -2.36. The predicted octanol–water partition coefficient (Wildman–Crippen LogP) is 1.57. The number of anilines is 1. The van der Waals surface area contributed by atoms with Crippen molar-refractivity contribution in [3.63, 3.8) is 0 Å². The first-order chi connectivity index (χ1) is 11.4. The molecule has 2 N–H and O–H groups in total. The van der Waals surface area contributed by atoms with Gasteiger partial charge in [-0.25, -0.2) is 0 Å². The van der Waals surface area contributed by atoms with Crippen molar-refractivity contribution in [2.75, 3.05) is 37.6 Å². The molecular formula is C18H26N4O2. The third-order valence-corrected chi connectivity index (χ3v) is 4.75. The lowest BCUT2D eigenvalue weighted by Crippen LogP contribution is -2.54. The molecule has 1 aliphatic heterocycles. The van der Waals surface area contributed by atoms with Crippen LogP contribution in [-0.2, 0) is 4.79 Å². The van der Waals surface area contributed by atoms with Crippen LogP contribution in [0.15, 0.2) is 24.3 Å². The summed E-state index contributed by atoms with van der Waals surface area (Å²) >= 11 is 0. The van der Waals surface area contributed by atoms with Gasteiger partial charge in [0.1, 0.15) is 11.3 Å². The zero-order chi connectivity index (χ0) is 17.7. The topological polar surface area (TPSA) is 79.6 Å². The Kier molecular flexibility index (Phi) is 5.68. The second-order valence-corrected chi connectivity index (χ2v) is 6.77. The standard InChI is InChI=1S/C18H26N4O2/c1-14(2)18(3,13-19)20-17(24)12-21-8-10-22(11-9-21)15-6-4-5-7-16(15)23/h4-7,14,23H,8-12H2,1-3H3,(H,20,24). The highest BCUT2D eigenvalue weighted by atomic mass is 16.3. The molecule has 1 amide bonds. The zero-order valence-electron chi connectivity index (χ0n) is 14.6. The van der Waals surface area contributed by atoms with Crippen LogP contribution in [0.3, 0.4) is 0 Å². The SMILES string of the molecule is CC(C)C(C)(C#N)NC(=O)CN1CCN(c2ccccc2O)CC1. The van der Waals surface area contributed by atoms with Gasteiger partial charge in [-0.2, -0.15) is 5.26 Å². The number of aromatic hydroxyl groups is 1. The van der Waals surface area contributed by atoms with Crippen LogP contribution in [0.25, 0.3) is 0 Å². The summed E-state index contributed by atoms with van der Waals surface area (Å²) in [6.07, 6.45) is 0. The molecule has 1 unspecified atom stereocenters. The maximum atomic E-state index is 12.2. The Morgan fingerprint density at radius 1 is 1.33 bits per heavy atom. The summed E-state index contributed by atoms with van der Waals surface area (Å²) in [7, 11) is 0. The minimum atomic E-state index is -0.839. The van der Waals surface area contributed by atoms with Crippen molar-refractivity contribution in [1.29, 1.82) is 5.26 Å². The second kappa shape index (κ2) is 7.54. The number of nitrogens with zero attached hydrogens (tertiary/aromatic N) is 3. The van der Waals surface area contributed by atoms with Gasteiger partial charge in [-0.15, -0.1) is 0 Å². The highest BCUT2D eigenvalue weighted by Gasteiger charge is 2.31. The number of carbonyl (C=O) groups excluding carboxylic acids is 1. The van der Waals surface area contributed by atoms with Gasteiger partial charge in [-0.1, -0.05) is 26.0 Å². The molecule has 1 atom stereocenters. The average molecular weight is 330 g/mol. The van der Waals surface area contributed by atoms with Crippen molar-refractivity contribution in [2.45, 2.75) is 26.3 Å². The summed E-state index contributed by atoms with van der Waals surface area (Å²) < 4.78 is 0. The molecule has 2 rings (SSSR count). The fraction of sp³-hybridized carbons (Fsp3) is 0.556. The monoisotopic (exact) mass is 330 g/mol.